The highest BCUT2D eigenvalue weighted by Crippen LogP contribution is 2.16. The van der Waals surface area contributed by atoms with Crippen LogP contribution < -0.4 is 10.0 Å². The van der Waals surface area contributed by atoms with Crippen molar-refractivity contribution in [2.24, 2.45) is 0 Å². The van der Waals surface area contributed by atoms with Gasteiger partial charge >= 0.3 is 0 Å². The van der Waals surface area contributed by atoms with E-state index < -0.39 is 16.1 Å². The van der Waals surface area contributed by atoms with Gasteiger partial charge in [-0.1, -0.05) is 29.8 Å². The van der Waals surface area contributed by atoms with Crippen LogP contribution in [0.2, 0.25) is 0 Å². The fourth-order valence-corrected chi connectivity index (χ4v) is 2.63. The molecule has 0 saturated heterocycles. The SMILES string of the molecule is CNS(=O)(=O)c1ccc(NCC(O)c2cccc(C)c2)nc1. The molecule has 1 aromatic heterocycles. The van der Waals surface area contributed by atoms with Crippen LogP contribution in [0.25, 0.3) is 0 Å². The third kappa shape index (κ3) is 4.03. The molecule has 0 fully saturated rings. The van der Waals surface area contributed by atoms with Gasteiger partial charge in [0.25, 0.3) is 0 Å². The second kappa shape index (κ2) is 6.87. The number of anilines is 1. The zero-order valence-corrected chi connectivity index (χ0v) is 13.3. The summed E-state index contributed by atoms with van der Waals surface area (Å²) < 4.78 is 25.4. The topological polar surface area (TPSA) is 91.3 Å². The molecule has 1 aromatic carbocycles. The predicted molar refractivity (Wildman–Crippen MR) is 85.1 cm³/mol. The largest absolute Gasteiger partial charge is 0.387 e. The summed E-state index contributed by atoms with van der Waals surface area (Å²) in [5, 5.41) is 13.1. The van der Waals surface area contributed by atoms with Gasteiger partial charge < -0.3 is 10.4 Å². The van der Waals surface area contributed by atoms with Crippen LogP contribution in [0.15, 0.2) is 47.5 Å². The van der Waals surface area contributed by atoms with Crippen LogP contribution in [0, 0.1) is 6.92 Å². The fourth-order valence-electron chi connectivity index (χ4n) is 1.96. The number of nitrogens with one attached hydrogen (secondary N) is 2. The lowest BCUT2D eigenvalue weighted by atomic mass is 10.1. The van der Waals surface area contributed by atoms with Crippen LogP contribution in [0.3, 0.4) is 0 Å². The van der Waals surface area contributed by atoms with Crippen molar-refractivity contribution in [1.29, 1.82) is 0 Å². The molecule has 2 aromatic rings. The average molecular weight is 321 g/mol. The molecule has 0 aliphatic rings. The van der Waals surface area contributed by atoms with E-state index in [0.717, 1.165) is 11.1 Å². The Labute approximate surface area is 130 Å². The zero-order valence-electron chi connectivity index (χ0n) is 12.4. The lowest BCUT2D eigenvalue weighted by molar-refractivity contribution is 0.191. The number of hydrogen-bond acceptors (Lipinski definition) is 5. The maximum Gasteiger partial charge on any atom is 0.241 e. The van der Waals surface area contributed by atoms with Crippen LogP contribution in [0.4, 0.5) is 5.82 Å². The highest BCUT2D eigenvalue weighted by Gasteiger charge is 2.12. The number of sulfonamides is 1. The molecule has 2 rings (SSSR count). The second-order valence-electron chi connectivity index (χ2n) is 4.90. The summed E-state index contributed by atoms with van der Waals surface area (Å²) in [6.07, 6.45) is 0.607. The van der Waals surface area contributed by atoms with Crippen LogP contribution >= 0.6 is 0 Å². The highest BCUT2D eigenvalue weighted by atomic mass is 32.2. The Balaban J connectivity index is 2.00. The van der Waals surface area contributed by atoms with E-state index in [1.807, 2.05) is 31.2 Å². The van der Waals surface area contributed by atoms with Crippen molar-refractivity contribution in [3.05, 3.63) is 53.7 Å². The van der Waals surface area contributed by atoms with Gasteiger partial charge in [0, 0.05) is 12.7 Å². The number of rotatable bonds is 6. The van der Waals surface area contributed by atoms with Crippen LogP contribution in [-0.2, 0) is 10.0 Å². The Hall–Kier alpha value is -1.96. The molecule has 22 heavy (non-hydrogen) atoms. The van der Waals surface area contributed by atoms with Gasteiger partial charge in [0.15, 0.2) is 0 Å². The Morgan fingerprint density at radius 1 is 1.27 bits per heavy atom. The molecule has 0 amide bonds. The van der Waals surface area contributed by atoms with Crippen molar-refractivity contribution in [3.63, 3.8) is 0 Å². The van der Waals surface area contributed by atoms with Crippen molar-refractivity contribution in [3.8, 4) is 0 Å². The molecular weight excluding hydrogens is 302 g/mol. The summed E-state index contributed by atoms with van der Waals surface area (Å²) in [4.78, 5) is 4.13. The Morgan fingerprint density at radius 2 is 2.05 bits per heavy atom. The standard InChI is InChI=1S/C15H19N3O3S/c1-11-4-3-5-12(8-11)14(19)10-18-15-7-6-13(9-17-15)22(20,21)16-2/h3-9,14,16,19H,10H2,1-2H3,(H,17,18). The molecule has 0 aliphatic heterocycles. The normalized spacial score (nSPS) is 12.9. The number of hydrogen-bond donors (Lipinski definition) is 3. The predicted octanol–water partition coefficient (Wildman–Crippen LogP) is 1.44. The quantitative estimate of drug-likeness (QED) is 0.749. The molecule has 6 nitrogen and oxygen atoms in total. The summed E-state index contributed by atoms with van der Waals surface area (Å²) in [7, 11) is -2.14. The summed E-state index contributed by atoms with van der Waals surface area (Å²) in [6.45, 7) is 2.25. The van der Waals surface area contributed by atoms with Gasteiger partial charge in [0.1, 0.15) is 10.7 Å². The first-order valence-electron chi connectivity index (χ1n) is 6.80. The lowest BCUT2D eigenvalue weighted by Gasteiger charge is -2.13. The van der Waals surface area contributed by atoms with Gasteiger partial charge in [0.2, 0.25) is 10.0 Å². The fraction of sp³-hybridized carbons (Fsp3) is 0.267. The van der Waals surface area contributed by atoms with E-state index in [1.165, 1.54) is 19.3 Å². The maximum atomic E-state index is 11.6. The van der Waals surface area contributed by atoms with Gasteiger partial charge in [0.05, 0.1) is 6.10 Å². The van der Waals surface area contributed by atoms with E-state index in [1.54, 1.807) is 6.07 Å². The van der Waals surface area contributed by atoms with Crippen molar-refractivity contribution in [2.75, 3.05) is 18.9 Å². The average Bonchev–Trinajstić information content (AvgIpc) is 2.53. The van der Waals surface area contributed by atoms with E-state index in [-0.39, 0.29) is 11.4 Å². The number of nitrogens with zero attached hydrogens (tertiary/aromatic N) is 1. The summed E-state index contributed by atoms with van der Waals surface area (Å²) >= 11 is 0. The first kappa shape index (κ1) is 16.4. The summed E-state index contributed by atoms with van der Waals surface area (Å²) in [6, 6.07) is 10.7. The van der Waals surface area contributed by atoms with Gasteiger partial charge in [-0.2, -0.15) is 0 Å². The van der Waals surface area contributed by atoms with E-state index in [9.17, 15) is 13.5 Å². The number of aliphatic hydroxyl groups is 1. The lowest BCUT2D eigenvalue weighted by Crippen LogP contribution is -2.19. The molecule has 3 N–H and O–H groups in total. The van der Waals surface area contributed by atoms with Crippen LogP contribution in [0.5, 0.6) is 0 Å². The third-order valence-corrected chi connectivity index (χ3v) is 4.62. The van der Waals surface area contributed by atoms with Crippen LogP contribution in [-0.4, -0.2) is 32.1 Å². The Kier molecular flexibility index (Phi) is 5.12. The van der Waals surface area contributed by atoms with Gasteiger partial charge in [-0.05, 0) is 31.7 Å². The number of aromatic nitrogens is 1. The number of benzene rings is 1. The molecule has 1 atom stereocenters. The Bertz CT molecular complexity index is 730. The minimum Gasteiger partial charge on any atom is -0.387 e. The van der Waals surface area contributed by atoms with Crippen molar-refractivity contribution in [1.82, 2.24) is 9.71 Å². The maximum absolute atomic E-state index is 11.6. The molecule has 1 unspecified atom stereocenters. The summed E-state index contributed by atoms with van der Waals surface area (Å²) in [5.74, 6) is 0.502. The number of aliphatic hydroxyl groups excluding tert-OH is 1. The molecule has 0 spiro atoms. The highest BCUT2D eigenvalue weighted by molar-refractivity contribution is 7.89. The molecule has 0 saturated carbocycles. The number of pyridine rings is 1. The van der Waals surface area contributed by atoms with Crippen molar-refractivity contribution < 1.29 is 13.5 Å². The summed E-state index contributed by atoms with van der Waals surface area (Å²) in [5.41, 5.74) is 1.90. The molecule has 0 bridgehead atoms. The van der Waals surface area contributed by atoms with E-state index >= 15 is 0 Å². The number of aryl methyl sites for hydroxylation is 1. The molecule has 7 heteroatoms. The first-order chi connectivity index (χ1) is 10.4. The molecule has 0 aliphatic carbocycles. The minimum absolute atomic E-state index is 0.0970. The second-order valence-corrected chi connectivity index (χ2v) is 6.78. The van der Waals surface area contributed by atoms with E-state index in [0.29, 0.717) is 5.82 Å². The first-order valence-corrected chi connectivity index (χ1v) is 8.29. The minimum atomic E-state index is -3.48. The van der Waals surface area contributed by atoms with Crippen LogP contribution in [0.1, 0.15) is 17.2 Å². The van der Waals surface area contributed by atoms with E-state index in [2.05, 4.69) is 15.0 Å². The Morgan fingerprint density at radius 3 is 2.64 bits per heavy atom. The monoisotopic (exact) mass is 321 g/mol. The smallest absolute Gasteiger partial charge is 0.241 e. The molecular formula is C15H19N3O3S. The zero-order chi connectivity index (χ0) is 16.2. The van der Waals surface area contributed by atoms with Gasteiger partial charge in [-0.3, -0.25) is 0 Å². The molecule has 0 radical (unpaired) electrons. The van der Waals surface area contributed by atoms with E-state index in [4.69, 9.17) is 0 Å². The van der Waals surface area contributed by atoms with Gasteiger partial charge in [-0.25, -0.2) is 18.1 Å². The molecule has 1 heterocycles. The third-order valence-electron chi connectivity index (χ3n) is 3.22. The van der Waals surface area contributed by atoms with Crippen molar-refractivity contribution in [2.45, 2.75) is 17.9 Å². The van der Waals surface area contributed by atoms with Crippen molar-refractivity contribution >= 4 is 15.8 Å². The van der Waals surface area contributed by atoms with Gasteiger partial charge in [-0.15, -0.1) is 0 Å². The molecule has 118 valence electrons.